The molecular weight excluding hydrogens is 370 g/mol. The highest BCUT2D eigenvalue weighted by molar-refractivity contribution is 5.90. The molecule has 0 bridgehead atoms. The first-order valence-corrected chi connectivity index (χ1v) is 8.86. The van der Waals surface area contributed by atoms with Crippen LogP contribution in [0, 0.1) is 0 Å². The van der Waals surface area contributed by atoms with Crippen molar-refractivity contribution in [2.45, 2.75) is 25.5 Å². The number of hydrogen-bond acceptors (Lipinski definition) is 4. The zero-order chi connectivity index (χ0) is 20.1. The number of alkyl halides is 2. The van der Waals surface area contributed by atoms with Gasteiger partial charge in [0.05, 0.1) is 20.3 Å². The van der Waals surface area contributed by atoms with E-state index in [0.29, 0.717) is 12.2 Å². The van der Waals surface area contributed by atoms with E-state index < -0.39 is 6.61 Å². The van der Waals surface area contributed by atoms with E-state index in [1.807, 2.05) is 24.3 Å². The minimum absolute atomic E-state index is 0.0786. The Bertz CT molecular complexity index is 832. The van der Waals surface area contributed by atoms with Crippen molar-refractivity contribution in [1.29, 1.82) is 0 Å². The molecule has 0 saturated carbocycles. The molecule has 0 spiro atoms. The summed E-state index contributed by atoms with van der Waals surface area (Å²) in [5, 5.41) is 2.75. The number of rotatable bonds is 6. The second-order valence-corrected chi connectivity index (χ2v) is 6.30. The third kappa shape index (κ3) is 4.44. The first-order chi connectivity index (χ1) is 13.5. The van der Waals surface area contributed by atoms with Gasteiger partial charge in [0, 0.05) is 18.3 Å². The van der Waals surface area contributed by atoms with Gasteiger partial charge in [0.1, 0.15) is 5.75 Å². The second-order valence-electron chi connectivity index (χ2n) is 6.30. The summed E-state index contributed by atoms with van der Waals surface area (Å²) in [7, 11) is 2.95. The van der Waals surface area contributed by atoms with Crippen molar-refractivity contribution in [1.82, 2.24) is 4.90 Å². The molecule has 0 aromatic heterocycles. The SMILES string of the molecule is COc1cccc(C2CCCN2C(=O)Nc2ccc(OC)c(OC(F)F)c2)c1. The van der Waals surface area contributed by atoms with Crippen molar-refractivity contribution in [3.8, 4) is 17.2 Å². The number of nitrogens with zero attached hydrogens (tertiary/aromatic N) is 1. The van der Waals surface area contributed by atoms with Crippen LogP contribution in [-0.2, 0) is 0 Å². The Morgan fingerprint density at radius 1 is 1.14 bits per heavy atom. The molecule has 1 unspecified atom stereocenters. The highest BCUT2D eigenvalue weighted by Gasteiger charge is 2.30. The zero-order valence-electron chi connectivity index (χ0n) is 15.7. The van der Waals surface area contributed by atoms with E-state index in [4.69, 9.17) is 9.47 Å². The van der Waals surface area contributed by atoms with Gasteiger partial charge < -0.3 is 24.4 Å². The van der Waals surface area contributed by atoms with E-state index in [0.717, 1.165) is 24.2 Å². The van der Waals surface area contributed by atoms with E-state index in [2.05, 4.69) is 10.1 Å². The number of methoxy groups -OCH3 is 2. The average Bonchev–Trinajstić information content (AvgIpc) is 3.18. The Morgan fingerprint density at radius 2 is 1.96 bits per heavy atom. The molecule has 28 heavy (non-hydrogen) atoms. The van der Waals surface area contributed by atoms with Gasteiger partial charge in [-0.3, -0.25) is 0 Å². The molecule has 1 N–H and O–H groups in total. The summed E-state index contributed by atoms with van der Waals surface area (Å²) in [6, 6.07) is 11.6. The van der Waals surface area contributed by atoms with Crippen LogP contribution < -0.4 is 19.5 Å². The van der Waals surface area contributed by atoms with Crippen molar-refractivity contribution < 1.29 is 27.8 Å². The molecule has 1 aliphatic heterocycles. The summed E-state index contributed by atoms with van der Waals surface area (Å²) in [5.41, 5.74) is 1.33. The lowest BCUT2D eigenvalue weighted by Crippen LogP contribution is -2.34. The first kappa shape index (κ1) is 19.7. The van der Waals surface area contributed by atoms with Crippen molar-refractivity contribution >= 4 is 11.7 Å². The van der Waals surface area contributed by atoms with Gasteiger partial charge in [0.2, 0.25) is 0 Å². The summed E-state index contributed by atoms with van der Waals surface area (Å²) < 4.78 is 39.9. The van der Waals surface area contributed by atoms with Gasteiger partial charge in [0.15, 0.2) is 11.5 Å². The molecule has 1 fully saturated rings. The Kier molecular flexibility index (Phi) is 6.18. The highest BCUT2D eigenvalue weighted by atomic mass is 19.3. The lowest BCUT2D eigenvalue weighted by atomic mass is 10.0. The van der Waals surface area contributed by atoms with Crippen LogP contribution in [0.5, 0.6) is 17.2 Å². The van der Waals surface area contributed by atoms with Crippen LogP contribution in [0.15, 0.2) is 42.5 Å². The minimum Gasteiger partial charge on any atom is -0.497 e. The van der Waals surface area contributed by atoms with Gasteiger partial charge in [-0.05, 0) is 42.7 Å². The lowest BCUT2D eigenvalue weighted by Gasteiger charge is -2.26. The van der Waals surface area contributed by atoms with Gasteiger partial charge in [-0.25, -0.2) is 4.79 Å². The lowest BCUT2D eigenvalue weighted by molar-refractivity contribution is -0.0511. The zero-order valence-corrected chi connectivity index (χ0v) is 15.7. The Labute approximate surface area is 162 Å². The topological polar surface area (TPSA) is 60.0 Å². The number of carbonyl (C=O) groups is 1. The predicted octanol–water partition coefficient (Wildman–Crippen LogP) is 4.67. The molecule has 6 nitrogen and oxygen atoms in total. The van der Waals surface area contributed by atoms with E-state index in [9.17, 15) is 13.6 Å². The number of benzene rings is 2. The summed E-state index contributed by atoms with van der Waals surface area (Å²) >= 11 is 0. The second kappa shape index (κ2) is 8.77. The number of anilines is 1. The number of urea groups is 1. The molecule has 1 aliphatic rings. The van der Waals surface area contributed by atoms with Crippen LogP contribution in [0.2, 0.25) is 0 Å². The maximum Gasteiger partial charge on any atom is 0.387 e. The van der Waals surface area contributed by atoms with Gasteiger partial charge in [-0.2, -0.15) is 8.78 Å². The van der Waals surface area contributed by atoms with Gasteiger partial charge in [-0.1, -0.05) is 12.1 Å². The monoisotopic (exact) mass is 392 g/mol. The molecule has 1 atom stereocenters. The van der Waals surface area contributed by atoms with Gasteiger partial charge in [0.25, 0.3) is 0 Å². The largest absolute Gasteiger partial charge is 0.497 e. The number of ether oxygens (including phenoxy) is 3. The molecule has 0 aliphatic carbocycles. The van der Waals surface area contributed by atoms with E-state index >= 15 is 0 Å². The van der Waals surface area contributed by atoms with Crippen LogP contribution in [0.4, 0.5) is 19.3 Å². The number of hydrogen-bond donors (Lipinski definition) is 1. The first-order valence-electron chi connectivity index (χ1n) is 8.86. The normalized spacial score (nSPS) is 16.2. The number of carbonyl (C=O) groups excluding carboxylic acids is 1. The average molecular weight is 392 g/mol. The summed E-state index contributed by atoms with van der Waals surface area (Å²) in [6.45, 7) is -2.39. The molecule has 8 heteroatoms. The highest BCUT2D eigenvalue weighted by Crippen LogP contribution is 2.35. The quantitative estimate of drug-likeness (QED) is 0.776. The molecule has 1 heterocycles. The van der Waals surface area contributed by atoms with Crippen LogP contribution in [0.1, 0.15) is 24.4 Å². The van der Waals surface area contributed by atoms with Crippen molar-refractivity contribution in [3.05, 3.63) is 48.0 Å². The van der Waals surface area contributed by atoms with E-state index in [1.165, 1.54) is 19.2 Å². The van der Waals surface area contributed by atoms with Crippen LogP contribution >= 0.6 is 0 Å². The van der Waals surface area contributed by atoms with Crippen LogP contribution in [0.3, 0.4) is 0 Å². The predicted molar refractivity (Wildman–Crippen MR) is 100 cm³/mol. The van der Waals surface area contributed by atoms with Gasteiger partial charge >= 0.3 is 12.6 Å². The van der Waals surface area contributed by atoms with Crippen LogP contribution in [0.25, 0.3) is 0 Å². The number of amides is 2. The number of halogens is 2. The summed E-state index contributed by atoms with van der Waals surface area (Å²) in [4.78, 5) is 14.5. The molecule has 1 saturated heterocycles. The molecule has 2 aromatic rings. The Hall–Kier alpha value is -3.03. The Morgan fingerprint density at radius 3 is 2.68 bits per heavy atom. The van der Waals surface area contributed by atoms with Crippen molar-refractivity contribution in [2.24, 2.45) is 0 Å². The summed E-state index contributed by atoms with van der Waals surface area (Å²) in [6.07, 6.45) is 1.71. The fourth-order valence-electron chi connectivity index (χ4n) is 3.34. The number of nitrogens with one attached hydrogen (secondary N) is 1. The summed E-state index contributed by atoms with van der Waals surface area (Å²) in [5.74, 6) is 0.753. The molecule has 0 radical (unpaired) electrons. The molecule has 2 aromatic carbocycles. The fraction of sp³-hybridized carbons (Fsp3) is 0.350. The van der Waals surface area contributed by atoms with E-state index in [-0.39, 0.29) is 23.6 Å². The van der Waals surface area contributed by atoms with Gasteiger partial charge in [-0.15, -0.1) is 0 Å². The molecule has 3 rings (SSSR count). The van der Waals surface area contributed by atoms with Crippen molar-refractivity contribution in [2.75, 3.05) is 26.1 Å². The maximum atomic E-state index is 12.8. The third-order valence-electron chi connectivity index (χ3n) is 4.62. The number of likely N-dealkylation sites (tertiary alicyclic amines) is 1. The maximum absolute atomic E-state index is 12.8. The van der Waals surface area contributed by atoms with Crippen LogP contribution in [-0.4, -0.2) is 38.3 Å². The van der Waals surface area contributed by atoms with E-state index in [1.54, 1.807) is 18.1 Å². The fourth-order valence-corrected chi connectivity index (χ4v) is 3.34. The Balaban J connectivity index is 1.76. The standard InChI is InChI=1S/C20H22F2N2O4/c1-26-15-6-3-5-13(11-15)16-7-4-10-24(16)20(25)23-14-8-9-17(27-2)18(12-14)28-19(21)22/h3,5-6,8-9,11-12,16,19H,4,7,10H2,1-2H3,(H,23,25). The molecule has 150 valence electrons. The smallest absolute Gasteiger partial charge is 0.387 e. The third-order valence-corrected chi connectivity index (χ3v) is 4.62. The molecule has 2 amide bonds. The minimum atomic E-state index is -2.99. The van der Waals surface area contributed by atoms with Crippen molar-refractivity contribution in [3.63, 3.8) is 0 Å². The molecular formula is C20H22F2N2O4.